The summed E-state index contributed by atoms with van der Waals surface area (Å²) in [5.74, 6) is 0.453. The van der Waals surface area contributed by atoms with E-state index in [1.807, 2.05) is 11.9 Å². The lowest BCUT2D eigenvalue weighted by atomic mass is 10.1. The molecule has 3 unspecified atom stereocenters. The van der Waals surface area contributed by atoms with Gasteiger partial charge in [-0.2, -0.15) is 5.10 Å². The summed E-state index contributed by atoms with van der Waals surface area (Å²) >= 11 is 0. The number of rotatable bonds is 3. The summed E-state index contributed by atoms with van der Waals surface area (Å²) in [6, 6.07) is 6.05. The maximum absolute atomic E-state index is 14.5. The van der Waals surface area contributed by atoms with Crippen molar-refractivity contribution in [3.8, 4) is 0 Å². The molecule has 1 aromatic heterocycles. The van der Waals surface area contributed by atoms with Gasteiger partial charge >= 0.3 is 0 Å². The lowest BCUT2D eigenvalue weighted by Gasteiger charge is -2.33. The van der Waals surface area contributed by atoms with Crippen LogP contribution in [0.2, 0.25) is 0 Å². The number of aryl methyl sites for hydroxylation is 1. The molecule has 0 radical (unpaired) electrons. The van der Waals surface area contributed by atoms with Crippen LogP contribution >= 0.6 is 0 Å². The second-order valence-electron chi connectivity index (χ2n) is 7.43. The predicted molar refractivity (Wildman–Crippen MR) is 110 cm³/mol. The van der Waals surface area contributed by atoms with Crippen LogP contribution in [-0.4, -0.2) is 41.3 Å². The Bertz CT molecular complexity index is 927. The van der Waals surface area contributed by atoms with Gasteiger partial charge in [-0.15, -0.1) is 0 Å². The summed E-state index contributed by atoms with van der Waals surface area (Å²) in [5, 5.41) is 4.40. The van der Waals surface area contributed by atoms with Crippen LogP contribution in [0.25, 0.3) is 0 Å². The van der Waals surface area contributed by atoms with E-state index in [4.69, 9.17) is 11.5 Å². The molecule has 0 aliphatic carbocycles. The first-order valence-corrected chi connectivity index (χ1v) is 9.65. The highest BCUT2D eigenvalue weighted by Crippen LogP contribution is 2.38. The van der Waals surface area contributed by atoms with Gasteiger partial charge in [0.25, 0.3) is 0 Å². The number of hydrogen-bond acceptors (Lipinski definition) is 6. The normalized spacial score (nSPS) is 25.1. The van der Waals surface area contributed by atoms with Crippen LogP contribution in [0, 0.1) is 5.82 Å². The number of aromatic nitrogens is 2. The molecule has 0 spiro atoms. The molecule has 4 rings (SSSR count). The second kappa shape index (κ2) is 7.82. The van der Waals surface area contributed by atoms with Gasteiger partial charge in [0.15, 0.2) is 12.0 Å². The third-order valence-corrected chi connectivity index (χ3v) is 5.44. The van der Waals surface area contributed by atoms with Crippen molar-refractivity contribution in [3.05, 3.63) is 53.7 Å². The average molecular weight is 401 g/mol. The first-order chi connectivity index (χ1) is 14.0. The summed E-state index contributed by atoms with van der Waals surface area (Å²) in [5.41, 5.74) is 13.5. The van der Waals surface area contributed by atoms with Gasteiger partial charge in [0.05, 0.1) is 11.9 Å². The fourth-order valence-corrected chi connectivity index (χ4v) is 3.88. The number of nitrogens with two attached hydrogens (primary N) is 2. The van der Waals surface area contributed by atoms with Crippen molar-refractivity contribution >= 4 is 17.7 Å². The quantitative estimate of drug-likeness (QED) is 0.823. The minimum atomic E-state index is -1.03. The number of anilines is 2. The lowest BCUT2D eigenvalue weighted by Crippen LogP contribution is -2.32. The maximum Gasteiger partial charge on any atom is 0.153 e. The molecule has 29 heavy (non-hydrogen) atoms. The smallest absolute Gasteiger partial charge is 0.153 e. The molecule has 1 fully saturated rings. The number of halogens is 2. The van der Waals surface area contributed by atoms with E-state index in [1.54, 1.807) is 35.3 Å². The topological polar surface area (TPSA) is 88.7 Å². The van der Waals surface area contributed by atoms with E-state index >= 15 is 0 Å². The summed E-state index contributed by atoms with van der Waals surface area (Å²) in [6.07, 6.45) is 4.20. The van der Waals surface area contributed by atoms with Crippen LogP contribution in [0.5, 0.6) is 0 Å². The second-order valence-corrected chi connectivity index (χ2v) is 7.43. The molecule has 154 valence electrons. The van der Waals surface area contributed by atoms with Gasteiger partial charge < -0.3 is 21.3 Å². The Hall–Kier alpha value is -2.94. The summed E-state index contributed by atoms with van der Waals surface area (Å²) in [7, 11) is 1.83. The fraction of sp³-hybridized carbons (Fsp3) is 0.400. The molecule has 1 saturated heterocycles. The van der Waals surface area contributed by atoms with E-state index in [2.05, 4.69) is 15.0 Å². The molecular weight excluding hydrogens is 376 g/mol. The summed E-state index contributed by atoms with van der Waals surface area (Å²) in [6.45, 7) is 1.12. The highest BCUT2D eigenvalue weighted by atomic mass is 19.1. The molecular formula is C20H25F2N7. The number of alkyl halides is 1. The zero-order valence-electron chi connectivity index (χ0n) is 16.2. The van der Waals surface area contributed by atoms with E-state index in [0.29, 0.717) is 37.2 Å². The van der Waals surface area contributed by atoms with Crippen molar-refractivity contribution < 1.29 is 8.78 Å². The largest absolute Gasteiger partial charge is 0.396 e. The zero-order chi connectivity index (χ0) is 20.5. The van der Waals surface area contributed by atoms with E-state index < -0.39 is 18.4 Å². The Kier molecular flexibility index (Phi) is 5.23. The van der Waals surface area contributed by atoms with Gasteiger partial charge in [-0.1, -0.05) is 18.2 Å². The van der Waals surface area contributed by atoms with Crippen LogP contribution < -0.4 is 21.3 Å². The van der Waals surface area contributed by atoms with Crippen LogP contribution in [-0.2, 0) is 7.05 Å². The first kappa shape index (κ1) is 19.4. The number of hydrogen-bond donors (Lipinski definition) is 2. The Morgan fingerprint density at radius 2 is 1.93 bits per heavy atom. The number of nitrogens with zero attached hydrogens (tertiary/aromatic N) is 5. The molecule has 4 N–H and O–H groups in total. The van der Waals surface area contributed by atoms with Crippen molar-refractivity contribution in [3.63, 3.8) is 0 Å². The SMILES string of the molecule is Cn1ncc(N2C=C(N)C=NC2c2ccccc2F)c1N1CCC(N)C(F)CC1. The zero-order valence-corrected chi connectivity index (χ0v) is 16.2. The molecule has 2 aliphatic rings. The third-order valence-electron chi connectivity index (χ3n) is 5.44. The Morgan fingerprint density at radius 3 is 2.72 bits per heavy atom. The molecule has 1 aromatic carbocycles. The van der Waals surface area contributed by atoms with E-state index in [1.165, 1.54) is 12.3 Å². The number of benzene rings is 1. The highest BCUT2D eigenvalue weighted by Gasteiger charge is 2.31. The summed E-state index contributed by atoms with van der Waals surface area (Å²) in [4.78, 5) is 8.35. The van der Waals surface area contributed by atoms with Crippen LogP contribution in [0.4, 0.5) is 20.3 Å². The molecule has 3 heterocycles. The van der Waals surface area contributed by atoms with E-state index in [9.17, 15) is 8.78 Å². The Morgan fingerprint density at radius 1 is 1.17 bits per heavy atom. The fourth-order valence-electron chi connectivity index (χ4n) is 3.88. The molecule has 3 atom stereocenters. The number of aliphatic imine (C=N–C) groups is 1. The molecule has 2 aliphatic heterocycles. The van der Waals surface area contributed by atoms with Gasteiger partial charge in [-0.05, 0) is 18.9 Å². The van der Waals surface area contributed by atoms with Crippen LogP contribution in [0.3, 0.4) is 0 Å². The van der Waals surface area contributed by atoms with Crippen molar-refractivity contribution in [2.45, 2.75) is 31.2 Å². The van der Waals surface area contributed by atoms with Crippen molar-refractivity contribution in [2.24, 2.45) is 23.5 Å². The minimum Gasteiger partial charge on any atom is -0.396 e. The average Bonchev–Trinajstić information content (AvgIpc) is 3.01. The monoisotopic (exact) mass is 401 g/mol. The van der Waals surface area contributed by atoms with E-state index in [0.717, 1.165) is 11.5 Å². The maximum atomic E-state index is 14.5. The lowest BCUT2D eigenvalue weighted by molar-refractivity contribution is 0.274. The van der Waals surface area contributed by atoms with Gasteiger partial charge in [-0.25, -0.2) is 8.78 Å². The van der Waals surface area contributed by atoms with Crippen molar-refractivity contribution in [2.75, 3.05) is 22.9 Å². The molecule has 0 bridgehead atoms. The standard InChI is InChI=1S/C20H25F2N7/c1-27-20(28-8-6-16(22)17(24)7-9-28)18(11-26-27)29-12-13(23)10-25-19(29)14-4-2-3-5-15(14)21/h2-5,10-12,16-17,19H,6-9,23-24H2,1H3. The molecule has 9 heteroatoms. The van der Waals surface area contributed by atoms with Gasteiger partial charge in [0.2, 0.25) is 0 Å². The third kappa shape index (κ3) is 3.69. The highest BCUT2D eigenvalue weighted by molar-refractivity contribution is 5.82. The van der Waals surface area contributed by atoms with E-state index in [-0.39, 0.29) is 5.82 Å². The Balaban J connectivity index is 1.74. The first-order valence-electron chi connectivity index (χ1n) is 9.65. The molecule has 0 amide bonds. The number of allylic oxidation sites excluding steroid dienone is 1. The minimum absolute atomic E-state index is 0.346. The van der Waals surface area contributed by atoms with Crippen molar-refractivity contribution in [1.82, 2.24) is 9.78 Å². The molecule has 2 aromatic rings. The van der Waals surface area contributed by atoms with Crippen molar-refractivity contribution in [1.29, 1.82) is 0 Å². The summed E-state index contributed by atoms with van der Waals surface area (Å²) < 4.78 is 30.4. The van der Waals surface area contributed by atoms with Gasteiger partial charge in [0.1, 0.15) is 17.7 Å². The molecule has 7 nitrogen and oxygen atoms in total. The van der Waals surface area contributed by atoms with Crippen LogP contribution in [0.1, 0.15) is 24.6 Å². The Labute approximate surface area is 168 Å². The van der Waals surface area contributed by atoms with Gasteiger partial charge in [-0.3, -0.25) is 9.67 Å². The molecule has 0 saturated carbocycles. The van der Waals surface area contributed by atoms with Crippen LogP contribution in [0.15, 0.2) is 47.4 Å². The predicted octanol–water partition coefficient (Wildman–Crippen LogP) is 2.21. The van der Waals surface area contributed by atoms with Gasteiger partial charge in [0, 0.05) is 44.2 Å².